The Kier molecular flexibility index (Phi) is 5.17. The zero-order valence-corrected chi connectivity index (χ0v) is 10.9. The number of benzene rings is 1. The molecule has 0 aromatic heterocycles. The highest BCUT2D eigenvalue weighted by molar-refractivity contribution is 6.58. The lowest BCUT2D eigenvalue weighted by atomic mass is 10.1. The smallest absolute Gasteiger partial charge is 0.369 e. The topological polar surface area (TPSA) is 12.5 Å². The molecule has 0 bridgehead atoms. The molecule has 1 rings (SSSR count). The Hall–Kier alpha value is -0.853. The van der Waals surface area contributed by atoms with E-state index in [0.717, 1.165) is 5.56 Å². The van der Waals surface area contributed by atoms with Crippen molar-refractivity contribution >= 4 is 9.08 Å². The average molecular weight is 263 g/mol. The lowest BCUT2D eigenvalue weighted by Gasteiger charge is -2.28. The van der Waals surface area contributed by atoms with E-state index in [0.29, 0.717) is 0 Å². The maximum atomic E-state index is 12.5. The molecule has 1 atom stereocenters. The second kappa shape index (κ2) is 6.18. The largest absolute Gasteiger partial charge is 0.631 e. The van der Waals surface area contributed by atoms with Gasteiger partial charge in [0.25, 0.3) is 0 Å². The number of halogens is 3. The van der Waals surface area contributed by atoms with Crippen LogP contribution in [0.4, 0.5) is 12.3 Å². The van der Waals surface area contributed by atoms with Gasteiger partial charge in [-0.1, -0.05) is 30.3 Å². The zero-order chi connectivity index (χ0) is 12.9. The first kappa shape index (κ1) is 14.2. The summed E-state index contributed by atoms with van der Waals surface area (Å²) in [6.07, 6.45) is -0.836. The molecule has 0 N–H and O–H groups in total. The van der Waals surface area contributed by atoms with Crippen molar-refractivity contribution in [1.29, 1.82) is 0 Å². The first-order valence-electron chi connectivity index (χ1n) is 5.28. The fourth-order valence-electron chi connectivity index (χ4n) is 1.63. The van der Waals surface area contributed by atoms with Gasteiger partial charge in [-0.2, -0.15) is 0 Å². The minimum absolute atomic E-state index is 0.0113. The second-order valence-electron chi connectivity index (χ2n) is 3.87. The minimum atomic E-state index is -5.61. The van der Waals surface area contributed by atoms with Crippen molar-refractivity contribution < 1.29 is 17.1 Å². The van der Waals surface area contributed by atoms with E-state index in [2.05, 4.69) is 0 Å². The highest BCUT2D eigenvalue weighted by atomic mass is 28.5. The molecule has 96 valence electrons. The standard InChI is InChI=1S/C11H16F3NOSi/c1-10(11-6-4-3-5-7-11)15(8-16-2)9-17(12,13)14/h3-7,10H,8-9H2,1-2H3/t10-/m0/s1. The summed E-state index contributed by atoms with van der Waals surface area (Å²) in [5.41, 5.74) is 0.864. The van der Waals surface area contributed by atoms with Crippen molar-refractivity contribution in [3.8, 4) is 0 Å². The molecule has 0 radical (unpaired) electrons. The van der Waals surface area contributed by atoms with Gasteiger partial charge in [0, 0.05) is 13.2 Å². The molecule has 0 aliphatic heterocycles. The number of methoxy groups -OCH3 is 1. The van der Waals surface area contributed by atoms with E-state index < -0.39 is 15.2 Å². The van der Waals surface area contributed by atoms with E-state index >= 15 is 0 Å². The van der Waals surface area contributed by atoms with Crippen LogP contribution in [0.15, 0.2) is 30.3 Å². The van der Waals surface area contributed by atoms with Crippen molar-refractivity contribution in [3.63, 3.8) is 0 Å². The van der Waals surface area contributed by atoms with Gasteiger partial charge in [0.2, 0.25) is 0 Å². The van der Waals surface area contributed by atoms with E-state index in [1.165, 1.54) is 12.0 Å². The maximum absolute atomic E-state index is 12.5. The molecule has 2 nitrogen and oxygen atoms in total. The molecule has 1 aromatic carbocycles. The maximum Gasteiger partial charge on any atom is 0.631 e. The summed E-state index contributed by atoms with van der Waals surface area (Å²) in [5.74, 6) is 0. The van der Waals surface area contributed by atoms with Gasteiger partial charge >= 0.3 is 9.08 Å². The van der Waals surface area contributed by atoms with Crippen LogP contribution in [0.2, 0.25) is 0 Å². The van der Waals surface area contributed by atoms with Crippen LogP contribution in [-0.4, -0.2) is 34.0 Å². The van der Waals surface area contributed by atoms with Crippen molar-refractivity contribution in [2.75, 3.05) is 20.0 Å². The van der Waals surface area contributed by atoms with Gasteiger partial charge in [0.05, 0.1) is 12.9 Å². The van der Waals surface area contributed by atoms with Gasteiger partial charge in [-0.3, -0.25) is 4.90 Å². The Morgan fingerprint density at radius 2 is 1.82 bits per heavy atom. The monoisotopic (exact) mass is 263 g/mol. The Labute approximate surface area is 101 Å². The molecule has 17 heavy (non-hydrogen) atoms. The lowest BCUT2D eigenvalue weighted by Crippen LogP contribution is -2.40. The molecule has 0 aliphatic rings. The number of hydrogen-bond acceptors (Lipinski definition) is 2. The van der Waals surface area contributed by atoms with Crippen LogP contribution in [0.1, 0.15) is 18.5 Å². The van der Waals surface area contributed by atoms with E-state index in [9.17, 15) is 12.3 Å². The summed E-state index contributed by atoms with van der Waals surface area (Å²) in [6.45, 7) is 1.75. The molecule has 0 unspecified atom stereocenters. The summed E-state index contributed by atoms with van der Waals surface area (Å²) in [4.78, 5) is 1.31. The Morgan fingerprint density at radius 1 is 1.24 bits per heavy atom. The third-order valence-electron chi connectivity index (χ3n) is 2.51. The predicted molar refractivity (Wildman–Crippen MR) is 62.5 cm³/mol. The molecule has 0 aliphatic carbocycles. The average Bonchev–Trinajstić information content (AvgIpc) is 2.27. The van der Waals surface area contributed by atoms with Crippen LogP contribution in [-0.2, 0) is 4.74 Å². The second-order valence-corrected chi connectivity index (χ2v) is 5.41. The van der Waals surface area contributed by atoms with Crippen LogP contribution >= 0.6 is 0 Å². The Morgan fingerprint density at radius 3 is 2.29 bits per heavy atom. The van der Waals surface area contributed by atoms with Crippen LogP contribution in [0.3, 0.4) is 0 Å². The summed E-state index contributed by atoms with van der Waals surface area (Å²) < 4.78 is 42.5. The molecule has 0 saturated carbocycles. The summed E-state index contributed by atoms with van der Waals surface area (Å²) in [7, 11) is -4.20. The van der Waals surface area contributed by atoms with Crippen LogP contribution in [0.5, 0.6) is 0 Å². The Balaban J connectivity index is 2.77. The molecule has 0 saturated heterocycles. The molecule has 1 aromatic rings. The van der Waals surface area contributed by atoms with E-state index in [-0.39, 0.29) is 12.8 Å². The Bertz CT molecular complexity index is 331. The molecule has 0 amide bonds. The van der Waals surface area contributed by atoms with Crippen LogP contribution in [0.25, 0.3) is 0 Å². The van der Waals surface area contributed by atoms with E-state index in [1.54, 1.807) is 6.92 Å². The number of rotatable bonds is 6. The molecule has 0 fully saturated rings. The normalized spacial score (nSPS) is 14.0. The summed E-state index contributed by atoms with van der Waals surface area (Å²) in [6, 6.07) is 8.83. The SMILES string of the molecule is COCN(C[Si](F)(F)F)[C@@H](C)c1ccccc1. The van der Waals surface area contributed by atoms with E-state index in [1.807, 2.05) is 30.3 Å². The van der Waals surface area contributed by atoms with Gasteiger partial charge in [0.1, 0.15) is 0 Å². The van der Waals surface area contributed by atoms with Gasteiger partial charge in [0.15, 0.2) is 0 Å². The first-order chi connectivity index (χ1) is 7.94. The van der Waals surface area contributed by atoms with Crippen molar-refractivity contribution in [1.82, 2.24) is 4.90 Å². The third kappa shape index (κ3) is 4.89. The fourth-order valence-corrected chi connectivity index (χ4v) is 2.46. The summed E-state index contributed by atoms with van der Waals surface area (Å²) >= 11 is 0. The van der Waals surface area contributed by atoms with Gasteiger partial charge in [-0.05, 0) is 12.5 Å². The van der Waals surface area contributed by atoms with Crippen molar-refractivity contribution in [2.45, 2.75) is 13.0 Å². The summed E-state index contributed by atoms with van der Waals surface area (Å²) in [5, 5.41) is 0. The van der Waals surface area contributed by atoms with Crippen molar-refractivity contribution in [2.24, 2.45) is 0 Å². The molecule has 0 heterocycles. The zero-order valence-electron chi connectivity index (χ0n) is 9.87. The van der Waals surface area contributed by atoms with E-state index in [4.69, 9.17) is 4.74 Å². The number of ether oxygens (including phenoxy) is 1. The van der Waals surface area contributed by atoms with Crippen molar-refractivity contribution in [3.05, 3.63) is 35.9 Å². The van der Waals surface area contributed by atoms with Crippen LogP contribution in [0, 0.1) is 0 Å². The highest BCUT2D eigenvalue weighted by Crippen LogP contribution is 2.22. The predicted octanol–water partition coefficient (Wildman–Crippen LogP) is 3.04. The molecular formula is C11H16F3NOSi. The number of hydrogen-bond donors (Lipinski definition) is 0. The molecule has 0 spiro atoms. The molecular weight excluding hydrogens is 247 g/mol. The fraction of sp³-hybridized carbons (Fsp3) is 0.455. The minimum Gasteiger partial charge on any atom is -0.369 e. The first-order valence-corrected chi connectivity index (χ1v) is 7.13. The van der Waals surface area contributed by atoms with Crippen LogP contribution < -0.4 is 0 Å². The number of nitrogens with zero attached hydrogens (tertiary/aromatic N) is 1. The van der Waals surface area contributed by atoms with Gasteiger partial charge in [-0.25, -0.2) is 12.3 Å². The highest BCUT2D eigenvalue weighted by Gasteiger charge is 2.40. The molecule has 6 heteroatoms. The van der Waals surface area contributed by atoms with Gasteiger partial charge in [-0.15, -0.1) is 0 Å². The van der Waals surface area contributed by atoms with Gasteiger partial charge < -0.3 is 4.74 Å². The third-order valence-corrected chi connectivity index (χ3v) is 3.27. The lowest BCUT2D eigenvalue weighted by molar-refractivity contribution is 0.0442. The quantitative estimate of drug-likeness (QED) is 0.444.